The molecule has 1 fully saturated rings. The second-order valence-corrected chi connectivity index (χ2v) is 4.95. The van der Waals surface area contributed by atoms with Crippen LogP contribution in [0, 0.1) is 11.8 Å². The number of alkyl halides is 1. The van der Waals surface area contributed by atoms with Gasteiger partial charge in [-0.25, -0.2) is 0 Å². The van der Waals surface area contributed by atoms with Crippen molar-refractivity contribution in [3.05, 3.63) is 29.8 Å². The fourth-order valence-electron chi connectivity index (χ4n) is 2.00. The summed E-state index contributed by atoms with van der Waals surface area (Å²) in [5.41, 5.74) is 0.965. The minimum Gasteiger partial charge on any atom is -0.491 e. The van der Waals surface area contributed by atoms with E-state index in [4.69, 9.17) is 21.1 Å². The summed E-state index contributed by atoms with van der Waals surface area (Å²) in [7, 11) is 0. The van der Waals surface area contributed by atoms with Gasteiger partial charge in [0.15, 0.2) is 0 Å². The first kappa shape index (κ1) is 14.2. The molecule has 1 atom stereocenters. The van der Waals surface area contributed by atoms with Crippen LogP contribution in [0.5, 0.6) is 5.75 Å². The maximum atomic E-state index is 5.77. The van der Waals surface area contributed by atoms with Crippen molar-refractivity contribution in [1.29, 1.82) is 0 Å². The van der Waals surface area contributed by atoms with Crippen molar-refractivity contribution < 1.29 is 9.47 Å². The smallest absolute Gasteiger partial charge is 0.120 e. The van der Waals surface area contributed by atoms with E-state index >= 15 is 0 Å². The van der Waals surface area contributed by atoms with E-state index in [9.17, 15) is 0 Å². The molecule has 0 N–H and O–H groups in total. The highest BCUT2D eigenvalue weighted by atomic mass is 35.5. The first-order chi connectivity index (χ1) is 9.38. The summed E-state index contributed by atoms with van der Waals surface area (Å²) >= 11 is 5.59. The second kappa shape index (κ2) is 8.09. The van der Waals surface area contributed by atoms with Crippen molar-refractivity contribution in [2.24, 2.45) is 0 Å². The molecule has 2 nitrogen and oxygen atoms in total. The van der Waals surface area contributed by atoms with Crippen LogP contribution in [0.2, 0.25) is 0 Å². The van der Waals surface area contributed by atoms with Crippen LogP contribution in [0.25, 0.3) is 0 Å². The Labute approximate surface area is 120 Å². The zero-order chi connectivity index (χ0) is 13.3. The Balaban J connectivity index is 1.86. The fourth-order valence-corrected chi connectivity index (χ4v) is 2.10. The van der Waals surface area contributed by atoms with Gasteiger partial charge in [-0.3, -0.25) is 0 Å². The summed E-state index contributed by atoms with van der Waals surface area (Å²) in [4.78, 5) is 0. The lowest BCUT2D eigenvalue weighted by molar-refractivity contribution is -0.0110. The van der Waals surface area contributed by atoms with Crippen molar-refractivity contribution in [2.45, 2.75) is 31.8 Å². The molecule has 1 aromatic carbocycles. The van der Waals surface area contributed by atoms with E-state index in [1.54, 1.807) is 0 Å². The van der Waals surface area contributed by atoms with Gasteiger partial charge in [-0.05, 0) is 37.5 Å². The Hall–Kier alpha value is -1.17. The molecular formula is C16H19ClO2. The number of benzene rings is 1. The molecule has 1 aliphatic rings. The maximum absolute atomic E-state index is 5.77. The van der Waals surface area contributed by atoms with Gasteiger partial charge >= 0.3 is 0 Å². The first-order valence-corrected chi connectivity index (χ1v) is 7.31. The lowest BCUT2D eigenvalue weighted by atomic mass is 10.1. The van der Waals surface area contributed by atoms with Gasteiger partial charge in [0.2, 0.25) is 0 Å². The molecule has 1 aliphatic heterocycles. The van der Waals surface area contributed by atoms with Crippen LogP contribution in [0.15, 0.2) is 24.3 Å². The highest BCUT2D eigenvalue weighted by Crippen LogP contribution is 2.17. The molecule has 0 bridgehead atoms. The minimum absolute atomic E-state index is 0.236. The third-order valence-electron chi connectivity index (χ3n) is 3.00. The van der Waals surface area contributed by atoms with Crippen molar-refractivity contribution in [3.63, 3.8) is 0 Å². The molecule has 19 heavy (non-hydrogen) atoms. The molecule has 2 rings (SSSR count). The average Bonchev–Trinajstić information content (AvgIpc) is 2.47. The van der Waals surface area contributed by atoms with Crippen LogP contribution in [-0.2, 0) is 4.74 Å². The zero-order valence-electron chi connectivity index (χ0n) is 11.0. The summed E-state index contributed by atoms with van der Waals surface area (Å²) < 4.78 is 11.4. The van der Waals surface area contributed by atoms with Crippen LogP contribution in [0.4, 0.5) is 0 Å². The average molecular weight is 279 g/mol. The fraction of sp³-hybridized carbons (Fsp3) is 0.500. The molecule has 1 heterocycles. The van der Waals surface area contributed by atoms with E-state index in [0.29, 0.717) is 18.9 Å². The molecule has 0 spiro atoms. The lowest BCUT2D eigenvalue weighted by Gasteiger charge is -2.22. The molecule has 0 aromatic heterocycles. The van der Waals surface area contributed by atoms with E-state index in [-0.39, 0.29) is 6.10 Å². The normalized spacial score (nSPS) is 18.5. The monoisotopic (exact) mass is 278 g/mol. The largest absolute Gasteiger partial charge is 0.491 e. The van der Waals surface area contributed by atoms with Crippen molar-refractivity contribution in [3.8, 4) is 17.6 Å². The summed E-state index contributed by atoms with van der Waals surface area (Å²) in [5, 5.41) is 0. The number of halogens is 1. The van der Waals surface area contributed by atoms with Gasteiger partial charge in [-0.15, -0.1) is 11.6 Å². The maximum Gasteiger partial charge on any atom is 0.120 e. The first-order valence-electron chi connectivity index (χ1n) is 6.78. The number of hydrogen-bond acceptors (Lipinski definition) is 2. The molecule has 3 heteroatoms. The predicted molar refractivity (Wildman–Crippen MR) is 77.7 cm³/mol. The Bertz CT molecular complexity index is 442. The van der Waals surface area contributed by atoms with Crippen molar-refractivity contribution in [2.75, 3.05) is 19.1 Å². The lowest BCUT2D eigenvalue weighted by Crippen LogP contribution is -2.25. The zero-order valence-corrected chi connectivity index (χ0v) is 11.8. The number of rotatable bonds is 4. The van der Waals surface area contributed by atoms with E-state index < -0.39 is 0 Å². The Kier molecular flexibility index (Phi) is 6.07. The van der Waals surface area contributed by atoms with Gasteiger partial charge in [-0.1, -0.05) is 17.9 Å². The van der Waals surface area contributed by atoms with Gasteiger partial charge in [0, 0.05) is 24.5 Å². The third kappa shape index (κ3) is 5.14. The Morgan fingerprint density at radius 2 is 2.32 bits per heavy atom. The van der Waals surface area contributed by atoms with E-state index in [0.717, 1.165) is 24.3 Å². The molecule has 0 saturated carbocycles. The van der Waals surface area contributed by atoms with Crippen LogP contribution in [0.3, 0.4) is 0 Å². The molecule has 1 saturated heterocycles. The Morgan fingerprint density at radius 1 is 1.37 bits per heavy atom. The summed E-state index contributed by atoms with van der Waals surface area (Å²) in [6.45, 7) is 1.48. The molecular weight excluding hydrogens is 260 g/mol. The van der Waals surface area contributed by atoms with Gasteiger partial charge in [0.05, 0.1) is 6.10 Å². The molecule has 102 valence electrons. The minimum atomic E-state index is 0.236. The topological polar surface area (TPSA) is 18.5 Å². The van der Waals surface area contributed by atoms with Crippen LogP contribution in [-0.4, -0.2) is 25.2 Å². The van der Waals surface area contributed by atoms with Gasteiger partial charge in [0.25, 0.3) is 0 Å². The van der Waals surface area contributed by atoms with Crippen LogP contribution in [0.1, 0.15) is 31.2 Å². The highest BCUT2D eigenvalue weighted by Gasteiger charge is 2.14. The summed E-state index contributed by atoms with van der Waals surface area (Å²) in [6, 6.07) is 7.85. The van der Waals surface area contributed by atoms with Crippen LogP contribution >= 0.6 is 11.6 Å². The second-order valence-electron chi connectivity index (χ2n) is 4.57. The molecule has 0 aliphatic carbocycles. The predicted octanol–water partition coefficient (Wildman–Crippen LogP) is 3.61. The Morgan fingerprint density at radius 3 is 3.11 bits per heavy atom. The number of hydrogen-bond donors (Lipinski definition) is 0. The molecule has 1 aromatic rings. The van der Waals surface area contributed by atoms with Crippen LogP contribution < -0.4 is 4.74 Å². The summed E-state index contributed by atoms with van der Waals surface area (Å²) in [6.07, 6.45) is 4.44. The molecule has 1 unspecified atom stereocenters. The van der Waals surface area contributed by atoms with Gasteiger partial charge in [-0.2, -0.15) is 0 Å². The SMILES string of the molecule is ClCCC#Cc1cccc(OCC2CCCCO2)c1. The third-order valence-corrected chi connectivity index (χ3v) is 3.19. The summed E-state index contributed by atoms with van der Waals surface area (Å²) in [5.74, 6) is 7.53. The number of ether oxygens (including phenoxy) is 2. The van der Waals surface area contributed by atoms with E-state index in [1.165, 1.54) is 12.8 Å². The van der Waals surface area contributed by atoms with E-state index in [1.807, 2.05) is 24.3 Å². The quantitative estimate of drug-likeness (QED) is 0.619. The standard InChI is InChI=1S/C16H19ClO2/c17-10-3-1-6-14-7-5-9-15(12-14)19-13-16-8-2-4-11-18-16/h5,7,9,12,16H,2-4,8,10-11,13H2. The van der Waals surface area contributed by atoms with E-state index in [2.05, 4.69) is 11.8 Å². The molecule has 0 radical (unpaired) electrons. The van der Waals surface area contributed by atoms with Gasteiger partial charge < -0.3 is 9.47 Å². The van der Waals surface area contributed by atoms with Gasteiger partial charge in [0.1, 0.15) is 12.4 Å². The van der Waals surface area contributed by atoms with Crippen molar-refractivity contribution >= 4 is 11.6 Å². The molecule has 0 amide bonds. The van der Waals surface area contributed by atoms with Crippen molar-refractivity contribution in [1.82, 2.24) is 0 Å². The highest BCUT2D eigenvalue weighted by molar-refractivity contribution is 6.18.